The van der Waals surface area contributed by atoms with Crippen LogP contribution in [0.25, 0.3) is 0 Å². The number of amides is 1. The lowest BCUT2D eigenvalue weighted by atomic mass is 10.1. The Kier molecular flexibility index (Phi) is 6.27. The molecule has 1 saturated heterocycles. The number of rotatable bonds is 8. The molecule has 0 aliphatic carbocycles. The first-order valence-corrected chi connectivity index (χ1v) is 9.44. The minimum atomic E-state index is -3.89. The predicted molar refractivity (Wildman–Crippen MR) is 89.9 cm³/mol. The van der Waals surface area contributed by atoms with Gasteiger partial charge in [-0.25, -0.2) is 13.1 Å². The molecule has 2 N–H and O–H groups in total. The summed E-state index contributed by atoms with van der Waals surface area (Å²) in [5.41, 5.74) is -0.224. The Morgan fingerprint density at radius 2 is 1.96 bits per heavy atom. The maximum Gasteiger partial charge on any atom is 0.305 e. The summed E-state index contributed by atoms with van der Waals surface area (Å²) in [4.78, 5) is 34.3. The molecule has 1 fully saturated rings. The predicted octanol–water partition coefficient (Wildman–Crippen LogP) is 0.729. The summed E-state index contributed by atoms with van der Waals surface area (Å²) in [6, 6.07) is 4.05. The number of aliphatic carboxylic acids is 1. The molecule has 10 nitrogen and oxygen atoms in total. The number of hydrogen-bond donors (Lipinski definition) is 2. The third-order valence-electron chi connectivity index (χ3n) is 4.10. The molecule has 0 bridgehead atoms. The Morgan fingerprint density at radius 1 is 1.31 bits per heavy atom. The fraction of sp³-hybridized carbons (Fsp3) is 0.467. The van der Waals surface area contributed by atoms with Crippen LogP contribution in [0.3, 0.4) is 0 Å². The number of carboxylic acids is 1. The summed E-state index contributed by atoms with van der Waals surface area (Å²) < 4.78 is 26.6. The zero-order valence-electron chi connectivity index (χ0n) is 13.8. The molecule has 11 heteroatoms. The Morgan fingerprint density at radius 3 is 2.54 bits per heavy atom. The number of nitro benzene ring substituents is 1. The molecule has 0 radical (unpaired) electrons. The molecule has 0 spiro atoms. The molecule has 0 aromatic heterocycles. The topological polar surface area (TPSA) is 147 Å². The third-order valence-corrected chi connectivity index (χ3v) is 5.57. The van der Waals surface area contributed by atoms with Crippen LogP contribution in [0.2, 0.25) is 0 Å². The van der Waals surface area contributed by atoms with Gasteiger partial charge < -0.3 is 10.0 Å². The monoisotopic (exact) mass is 385 g/mol. The van der Waals surface area contributed by atoms with E-state index in [2.05, 4.69) is 4.72 Å². The highest BCUT2D eigenvalue weighted by Crippen LogP contribution is 2.21. The highest BCUT2D eigenvalue weighted by atomic mass is 32.2. The number of carboxylic acid groups (broad SMARTS) is 1. The molecule has 1 aromatic rings. The molecule has 1 aliphatic rings. The highest BCUT2D eigenvalue weighted by molar-refractivity contribution is 7.89. The van der Waals surface area contributed by atoms with Crippen molar-refractivity contribution in [3.63, 3.8) is 0 Å². The summed E-state index contributed by atoms with van der Waals surface area (Å²) in [6.45, 7) is 0.320. The molecule has 26 heavy (non-hydrogen) atoms. The first kappa shape index (κ1) is 19.8. The molecular formula is C15H19N3O7S. The van der Waals surface area contributed by atoms with Crippen LogP contribution in [0.1, 0.15) is 25.7 Å². The average molecular weight is 385 g/mol. The van der Waals surface area contributed by atoms with Gasteiger partial charge in [0.05, 0.1) is 16.2 Å². The Hall–Kier alpha value is -2.53. The number of carbonyl (C=O) groups excluding carboxylic acids is 1. The van der Waals surface area contributed by atoms with Gasteiger partial charge in [0.15, 0.2) is 0 Å². The van der Waals surface area contributed by atoms with Crippen molar-refractivity contribution in [1.29, 1.82) is 0 Å². The number of carbonyl (C=O) groups is 2. The van der Waals surface area contributed by atoms with Crippen LogP contribution in [0, 0.1) is 10.1 Å². The van der Waals surface area contributed by atoms with Gasteiger partial charge in [0.25, 0.3) is 5.69 Å². The second-order valence-corrected chi connectivity index (χ2v) is 7.65. The van der Waals surface area contributed by atoms with Crippen LogP contribution in [-0.2, 0) is 19.6 Å². The van der Waals surface area contributed by atoms with Gasteiger partial charge in [-0.1, -0.05) is 0 Å². The maximum atomic E-state index is 12.2. The van der Waals surface area contributed by atoms with Crippen molar-refractivity contribution < 1.29 is 28.0 Å². The zero-order chi connectivity index (χ0) is 19.3. The zero-order valence-corrected chi connectivity index (χ0v) is 14.6. The van der Waals surface area contributed by atoms with Crippen molar-refractivity contribution >= 4 is 27.6 Å². The number of nitrogens with one attached hydrogen (secondary N) is 1. The number of likely N-dealkylation sites (tertiary alicyclic amines) is 1. The van der Waals surface area contributed by atoms with Crippen molar-refractivity contribution in [2.45, 2.75) is 36.6 Å². The van der Waals surface area contributed by atoms with E-state index in [1.54, 1.807) is 0 Å². The van der Waals surface area contributed by atoms with Gasteiger partial charge in [0.2, 0.25) is 15.9 Å². The van der Waals surface area contributed by atoms with Gasteiger partial charge in [-0.15, -0.1) is 0 Å². The summed E-state index contributed by atoms with van der Waals surface area (Å²) in [5, 5.41) is 19.5. The van der Waals surface area contributed by atoms with Gasteiger partial charge in [-0.2, -0.15) is 0 Å². The SMILES string of the molecule is O=C(O)CC1CCCN1C(=O)CCNS(=O)(=O)c1ccc([N+](=O)[O-])cc1. The van der Waals surface area contributed by atoms with E-state index in [4.69, 9.17) is 5.11 Å². The van der Waals surface area contributed by atoms with Gasteiger partial charge >= 0.3 is 5.97 Å². The number of sulfonamides is 1. The average Bonchev–Trinajstić information content (AvgIpc) is 3.02. The van der Waals surface area contributed by atoms with E-state index in [-0.39, 0.29) is 41.9 Å². The van der Waals surface area contributed by atoms with Gasteiger partial charge in [0, 0.05) is 37.7 Å². The summed E-state index contributed by atoms with van der Waals surface area (Å²) in [5.74, 6) is -1.28. The maximum absolute atomic E-state index is 12.2. The number of nitro groups is 1. The van der Waals surface area contributed by atoms with E-state index in [9.17, 15) is 28.1 Å². The lowest BCUT2D eigenvalue weighted by molar-refractivity contribution is -0.384. The molecule has 1 aliphatic heterocycles. The van der Waals surface area contributed by atoms with Crippen LogP contribution in [0.4, 0.5) is 5.69 Å². The first-order valence-electron chi connectivity index (χ1n) is 7.96. The quantitative estimate of drug-likeness (QED) is 0.495. The second-order valence-electron chi connectivity index (χ2n) is 5.88. The standard InChI is InChI=1S/C15H19N3O7S/c19-14(17-9-1-2-12(17)10-15(20)21)7-8-16-26(24,25)13-5-3-11(4-6-13)18(22)23/h3-6,12,16H,1-2,7-10H2,(H,20,21). The first-order chi connectivity index (χ1) is 12.2. The molecule has 1 atom stereocenters. The Labute approximate surface area is 150 Å². The van der Waals surface area contributed by atoms with Crippen molar-refractivity contribution in [3.8, 4) is 0 Å². The van der Waals surface area contributed by atoms with Crippen LogP contribution in [0.15, 0.2) is 29.2 Å². The fourth-order valence-electron chi connectivity index (χ4n) is 2.84. The van der Waals surface area contributed by atoms with Crippen LogP contribution < -0.4 is 4.72 Å². The third kappa shape index (κ3) is 4.99. The Balaban J connectivity index is 1.90. The van der Waals surface area contributed by atoms with Gasteiger partial charge in [0.1, 0.15) is 0 Å². The molecule has 142 valence electrons. The minimum absolute atomic E-state index is 0.0949. The molecule has 1 heterocycles. The summed E-state index contributed by atoms with van der Waals surface area (Å²) in [7, 11) is -3.89. The minimum Gasteiger partial charge on any atom is -0.481 e. The van der Waals surface area contributed by atoms with Crippen molar-refractivity contribution in [3.05, 3.63) is 34.4 Å². The second kappa shape index (κ2) is 8.23. The number of nitrogens with zero attached hydrogens (tertiary/aromatic N) is 2. The largest absolute Gasteiger partial charge is 0.481 e. The molecular weight excluding hydrogens is 366 g/mol. The normalized spacial score (nSPS) is 17.2. The van der Waals surface area contributed by atoms with E-state index in [0.29, 0.717) is 13.0 Å². The van der Waals surface area contributed by atoms with Crippen molar-refractivity contribution in [2.75, 3.05) is 13.1 Å². The summed E-state index contributed by atoms with van der Waals surface area (Å²) >= 11 is 0. The molecule has 1 aromatic carbocycles. The van der Waals surface area contributed by atoms with E-state index < -0.39 is 20.9 Å². The molecule has 0 saturated carbocycles. The molecule has 1 unspecified atom stereocenters. The fourth-order valence-corrected chi connectivity index (χ4v) is 3.88. The van der Waals surface area contributed by atoms with E-state index in [1.165, 1.54) is 4.90 Å². The van der Waals surface area contributed by atoms with Crippen LogP contribution in [-0.4, -0.2) is 54.4 Å². The van der Waals surface area contributed by atoms with Crippen LogP contribution >= 0.6 is 0 Å². The molecule has 1 amide bonds. The van der Waals surface area contributed by atoms with E-state index >= 15 is 0 Å². The highest BCUT2D eigenvalue weighted by Gasteiger charge is 2.30. The molecule has 2 rings (SSSR count). The van der Waals surface area contributed by atoms with E-state index in [1.807, 2.05) is 0 Å². The number of hydrogen-bond acceptors (Lipinski definition) is 6. The van der Waals surface area contributed by atoms with Crippen LogP contribution in [0.5, 0.6) is 0 Å². The van der Waals surface area contributed by atoms with Gasteiger partial charge in [-0.3, -0.25) is 19.7 Å². The lowest BCUT2D eigenvalue weighted by Crippen LogP contribution is -2.38. The lowest BCUT2D eigenvalue weighted by Gasteiger charge is -2.23. The smallest absolute Gasteiger partial charge is 0.305 e. The number of benzene rings is 1. The Bertz CT molecular complexity index is 792. The van der Waals surface area contributed by atoms with Crippen molar-refractivity contribution in [1.82, 2.24) is 9.62 Å². The van der Waals surface area contributed by atoms with Crippen molar-refractivity contribution in [2.24, 2.45) is 0 Å². The van der Waals surface area contributed by atoms with E-state index in [0.717, 1.165) is 30.7 Å². The van der Waals surface area contributed by atoms with Gasteiger partial charge in [-0.05, 0) is 25.0 Å². The number of non-ortho nitro benzene ring substituents is 1. The summed E-state index contributed by atoms with van der Waals surface area (Å²) in [6.07, 6.45) is 1.12.